The largest absolute Gasteiger partial charge is 0.331 e. The molecule has 1 saturated carbocycles. The van der Waals surface area contributed by atoms with E-state index < -0.39 is 0 Å². The number of hydrogen-bond acceptors (Lipinski definition) is 2. The molecule has 5 nitrogen and oxygen atoms in total. The van der Waals surface area contributed by atoms with E-state index in [2.05, 4.69) is 23.3 Å². The number of hydrogen-bond donors (Lipinski definition) is 0. The van der Waals surface area contributed by atoms with Crippen molar-refractivity contribution < 1.29 is 4.79 Å². The zero-order valence-corrected chi connectivity index (χ0v) is 13.7. The van der Waals surface area contributed by atoms with E-state index >= 15 is 0 Å². The van der Waals surface area contributed by atoms with Gasteiger partial charge in [0.05, 0.1) is 16.9 Å². The van der Waals surface area contributed by atoms with Crippen LogP contribution < -0.4 is 0 Å². The van der Waals surface area contributed by atoms with E-state index in [1.165, 1.54) is 5.56 Å². The Morgan fingerprint density at radius 2 is 1.92 bits per heavy atom. The van der Waals surface area contributed by atoms with E-state index in [-0.39, 0.29) is 11.4 Å². The van der Waals surface area contributed by atoms with Crippen LogP contribution in [0.25, 0.3) is 16.9 Å². The molecule has 2 aliphatic rings. The number of fused-ring (bicyclic) bond motifs is 4. The minimum atomic E-state index is -0.142. The van der Waals surface area contributed by atoms with Crippen LogP contribution in [0.4, 0.5) is 0 Å². The molecule has 24 heavy (non-hydrogen) atoms. The van der Waals surface area contributed by atoms with Crippen molar-refractivity contribution in [3.05, 3.63) is 60.0 Å². The van der Waals surface area contributed by atoms with Crippen molar-refractivity contribution in [1.82, 2.24) is 19.2 Å². The van der Waals surface area contributed by atoms with Gasteiger partial charge in [0.1, 0.15) is 5.69 Å². The Hall–Kier alpha value is -2.82. The van der Waals surface area contributed by atoms with Crippen LogP contribution >= 0.6 is 0 Å². The van der Waals surface area contributed by atoms with Crippen molar-refractivity contribution in [3.8, 4) is 16.9 Å². The van der Waals surface area contributed by atoms with Crippen LogP contribution in [0.3, 0.4) is 0 Å². The summed E-state index contributed by atoms with van der Waals surface area (Å²) in [6.45, 7) is 0. The van der Waals surface area contributed by atoms with Crippen molar-refractivity contribution in [1.29, 1.82) is 0 Å². The minimum Gasteiger partial charge on any atom is -0.331 e. The quantitative estimate of drug-likeness (QED) is 0.692. The van der Waals surface area contributed by atoms with E-state index in [0.29, 0.717) is 0 Å². The Bertz CT molecular complexity index is 977. The summed E-state index contributed by atoms with van der Waals surface area (Å²) in [6, 6.07) is 12.4. The van der Waals surface area contributed by atoms with Gasteiger partial charge in [-0.25, -0.2) is 0 Å². The summed E-state index contributed by atoms with van der Waals surface area (Å²) in [5, 5.41) is 4.27. The molecule has 3 heterocycles. The molecule has 120 valence electrons. The van der Waals surface area contributed by atoms with Crippen molar-refractivity contribution in [2.24, 2.45) is 7.05 Å². The Morgan fingerprint density at radius 1 is 1.08 bits per heavy atom. The molecule has 1 aromatic carbocycles. The third-order valence-corrected chi connectivity index (χ3v) is 5.51. The van der Waals surface area contributed by atoms with Gasteiger partial charge in [0, 0.05) is 37.6 Å². The van der Waals surface area contributed by atoms with Crippen LogP contribution in [0.5, 0.6) is 0 Å². The molecule has 2 aromatic heterocycles. The normalized spacial score (nSPS) is 17.6. The van der Waals surface area contributed by atoms with E-state index in [1.54, 1.807) is 0 Å². The maximum Gasteiger partial charge on any atom is 0.271 e. The van der Waals surface area contributed by atoms with Gasteiger partial charge >= 0.3 is 0 Å². The SMILES string of the molecule is CN1C(=O)c2cccn2-c2cc(-c3ccnn3C)ccc2C12CC2. The lowest BCUT2D eigenvalue weighted by molar-refractivity contribution is 0.0705. The summed E-state index contributed by atoms with van der Waals surface area (Å²) in [5.74, 6) is 0.0933. The number of nitrogens with zero attached hydrogens (tertiary/aromatic N) is 4. The monoisotopic (exact) mass is 318 g/mol. The summed E-state index contributed by atoms with van der Waals surface area (Å²) in [4.78, 5) is 14.8. The smallest absolute Gasteiger partial charge is 0.271 e. The Morgan fingerprint density at radius 3 is 2.62 bits per heavy atom. The van der Waals surface area contributed by atoms with Gasteiger partial charge in [0.15, 0.2) is 0 Å². The molecule has 1 spiro atoms. The average molecular weight is 318 g/mol. The molecule has 0 unspecified atom stereocenters. The number of carbonyl (C=O) groups is 1. The van der Waals surface area contributed by atoms with Crippen molar-refractivity contribution in [2.75, 3.05) is 7.05 Å². The van der Waals surface area contributed by atoms with Gasteiger partial charge < -0.3 is 9.47 Å². The van der Waals surface area contributed by atoms with Crippen LogP contribution in [0.1, 0.15) is 28.9 Å². The fourth-order valence-electron chi connectivity index (χ4n) is 3.98. The highest BCUT2D eigenvalue weighted by Crippen LogP contribution is 2.54. The molecule has 5 rings (SSSR count). The highest BCUT2D eigenvalue weighted by Gasteiger charge is 2.53. The first-order valence-electron chi connectivity index (χ1n) is 8.21. The minimum absolute atomic E-state index is 0.0933. The molecular formula is C19H18N4O. The summed E-state index contributed by atoms with van der Waals surface area (Å²) in [5.41, 5.74) is 5.10. The topological polar surface area (TPSA) is 43.1 Å². The second-order valence-corrected chi connectivity index (χ2v) is 6.73. The predicted molar refractivity (Wildman–Crippen MR) is 91.0 cm³/mol. The summed E-state index contributed by atoms with van der Waals surface area (Å²) >= 11 is 0. The summed E-state index contributed by atoms with van der Waals surface area (Å²) < 4.78 is 3.90. The van der Waals surface area contributed by atoms with Gasteiger partial charge in [-0.15, -0.1) is 0 Å². The molecule has 0 N–H and O–H groups in total. The third kappa shape index (κ3) is 1.59. The number of carbonyl (C=O) groups excluding carboxylic acids is 1. The first-order chi connectivity index (χ1) is 11.6. The van der Waals surface area contributed by atoms with Crippen LogP contribution in [0.2, 0.25) is 0 Å². The van der Waals surface area contributed by atoms with Crippen LogP contribution in [0.15, 0.2) is 48.8 Å². The lowest BCUT2D eigenvalue weighted by Crippen LogP contribution is -2.36. The van der Waals surface area contributed by atoms with Gasteiger partial charge in [-0.1, -0.05) is 12.1 Å². The fourth-order valence-corrected chi connectivity index (χ4v) is 3.98. The van der Waals surface area contributed by atoms with Gasteiger partial charge in [-0.2, -0.15) is 5.10 Å². The van der Waals surface area contributed by atoms with Gasteiger partial charge in [0.2, 0.25) is 0 Å². The van der Waals surface area contributed by atoms with E-state index in [0.717, 1.165) is 35.5 Å². The number of rotatable bonds is 1. The van der Waals surface area contributed by atoms with E-state index in [4.69, 9.17) is 0 Å². The van der Waals surface area contributed by atoms with Crippen molar-refractivity contribution >= 4 is 5.91 Å². The molecule has 1 fully saturated rings. The van der Waals surface area contributed by atoms with Crippen LogP contribution in [0, 0.1) is 0 Å². The standard InChI is InChI=1S/C19H18N4O/c1-21-18(24)16-4-3-11-23(16)17-12-13(15-7-10-20-22(15)2)5-6-14(17)19(21)8-9-19/h3-7,10-12H,8-9H2,1-2H3. The molecule has 0 saturated heterocycles. The highest BCUT2D eigenvalue weighted by atomic mass is 16.2. The van der Waals surface area contributed by atoms with Crippen molar-refractivity contribution in [3.63, 3.8) is 0 Å². The first kappa shape index (κ1) is 13.6. The molecule has 0 bridgehead atoms. The maximum atomic E-state index is 12.9. The molecular weight excluding hydrogens is 300 g/mol. The lowest BCUT2D eigenvalue weighted by Gasteiger charge is -2.27. The second kappa shape index (κ2) is 4.38. The number of aromatic nitrogens is 3. The molecule has 3 aromatic rings. The van der Waals surface area contributed by atoms with Gasteiger partial charge in [-0.3, -0.25) is 9.48 Å². The Labute approximate surface area is 140 Å². The summed E-state index contributed by atoms with van der Waals surface area (Å²) in [7, 11) is 3.87. The number of aryl methyl sites for hydroxylation is 1. The Kier molecular flexibility index (Phi) is 2.48. The summed E-state index contributed by atoms with van der Waals surface area (Å²) in [6.07, 6.45) is 5.84. The van der Waals surface area contributed by atoms with Gasteiger partial charge in [-0.05, 0) is 37.1 Å². The molecule has 1 aliphatic carbocycles. The molecule has 1 aliphatic heterocycles. The van der Waals surface area contributed by atoms with Crippen LogP contribution in [-0.4, -0.2) is 32.2 Å². The fraction of sp³-hybridized carbons (Fsp3) is 0.263. The van der Waals surface area contributed by atoms with E-state index in [1.807, 2.05) is 58.8 Å². The molecule has 1 amide bonds. The first-order valence-corrected chi connectivity index (χ1v) is 8.21. The van der Waals surface area contributed by atoms with Gasteiger partial charge in [0.25, 0.3) is 5.91 Å². The predicted octanol–water partition coefficient (Wildman–Crippen LogP) is 2.95. The molecule has 0 atom stereocenters. The average Bonchev–Trinajstić information content (AvgIpc) is 3.06. The number of amides is 1. The van der Waals surface area contributed by atoms with E-state index in [9.17, 15) is 4.79 Å². The Balaban J connectivity index is 1.80. The highest BCUT2D eigenvalue weighted by molar-refractivity contribution is 5.95. The lowest BCUT2D eigenvalue weighted by atomic mass is 9.98. The third-order valence-electron chi connectivity index (χ3n) is 5.51. The zero-order chi connectivity index (χ0) is 16.5. The van der Waals surface area contributed by atoms with Crippen molar-refractivity contribution in [2.45, 2.75) is 18.4 Å². The van der Waals surface area contributed by atoms with Crippen LogP contribution in [-0.2, 0) is 12.6 Å². The second-order valence-electron chi connectivity index (χ2n) is 6.73. The zero-order valence-electron chi connectivity index (χ0n) is 13.7. The number of benzene rings is 1. The molecule has 0 radical (unpaired) electrons. The maximum absolute atomic E-state index is 12.9. The molecule has 5 heteroatoms.